The fourth-order valence-corrected chi connectivity index (χ4v) is 7.87. The predicted molar refractivity (Wildman–Crippen MR) is 177 cm³/mol. The monoisotopic (exact) mass is 543 g/mol. The lowest BCUT2D eigenvalue weighted by Gasteiger charge is -2.28. The van der Waals surface area contributed by atoms with E-state index in [2.05, 4.69) is 158 Å². The molecule has 2 heteroatoms. The van der Waals surface area contributed by atoms with Crippen LogP contribution in [0.15, 0.2) is 140 Å². The zero-order chi connectivity index (χ0) is 27.6. The van der Waals surface area contributed by atoms with Crippen molar-refractivity contribution in [3.8, 4) is 22.3 Å². The Morgan fingerprint density at radius 1 is 0.512 bits per heavy atom. The molecule has 6 aromatic carbocycles. The Kier molecular flexibility index (Phi) is 5.42. The van der Waals surface area contributed by atoms with E-state index in [0.29, 0.717) is 0 Å². The summed E-state index contributed by atoms with van der Waals surface area (Å²) in [5, 5.41) is 2.72. The van der Waals surface area contributed by atoms with Gasteiger partial charge in [-0.25, -0.2) is 0 Å². The molecule has 0 bridgehead atoms. The topological polar surface area (TPSA) is 3.24 Å². The minimum absolute atomic E-state index is 0.0979. The fourth-order valence-electron chi connectivity index (χ4n) is 6.61. The maximum Gasteiger partial charge on any atom is 0.0467 e. The van der Waals surface area contributed by atoms with E-state index in [1.165, 1.54) is 59.2 Å². The van der Waals surface area contributed by atoms with Crippen LogP contribution in [0.1, 0.15) is 25.0 Å². The highest BCUT2D eigenvalue weighted by molar-refractivity contribution is 7.26. The number of benzene rings is 6. The molecule has 1 aliphatic carbocycles. The van der Waals surface area contributed by atoms with Crippen LogP contribution in [0.2, 0.25) is 0 Å². The average Bonchev–Trinajstić information content (AvgIpc) is 3.51. The highest BCUT2D eigenvalue weighted by Crippen LogP contribution is 2.55. The van der Waals surface area contributed by atoms with Crippen molar-refractivity contribution in [1.82, 2.24) is 0 Å². The Bertz CT molecular complexity index is 2070. The third-order valence-corrected chi connectivity index (χ3v) is 9.85. The number of hydrogen-bond donors (Lipinski definition) is 0. The van der Waals surface area contributed by atoms with Gasteiger partial charge < -0.3 is 4.90 Å². The molecule has 0 aliphatic heterocycles. The van der Waals surface area contributed by atoms with Crippen molar-refractivity contribution in [1.29, 1.82) is 0 Å². The number of rotatable bonds is 4. The molecular formula is C39H29NS. The van der Waals surface area contributed by atoms with Gasteiger partial charge >= 0.3 is 0 Å². The Hall–Kier alpha value is -4.66. The molecule has 196 valence electrons. The van der Waals surface area contributed by atoms with E-state index >= 15 is 0 Å². The van der Waals surface area contributed by atoms with Gasteiger partial charge in [-0.15, -0.1) is 11.3 Å². The summed E-state index contributed by atoms with van der Waals surface area (Å²) in [4.78, 5) is 2.39. The number of thiophene rings is 1. The Morgan fingerprint density at radius 2 is 1.20 bits per heavy atom. The zero-order valence-electron chi connectivity index (χ0n) is 23.1. The van der Waals surface area contributed by atoms with Crippen molar-refractivity contribution >= 4 is 48.6 Å². The second-order valence-electron chi connectivity index (χ2n) is 11.4. The minimum Gasteiger partial charge on any atom is -0.310 e. The molecule has 0 atom stereocenters. The molecule has 0 saturated heterocycles. The van der Waals surface area contributed by atoms with E-state index < -0.39 is 0 Å². The molecule has 0 saturated carbocycles. The van der Waals surface area contributed by atoms with E-state index in [0.717, 1.165) is 11.4 Å². The van der Waals surface area contributed by atoms with Gasteiger partial charge in [0.15, 0.2) is 0 Å². The van der Waals surface area contributed by atoms with Crippen LogP contribution in [0.5, 0.6) is 0 Å². The fraction of sp³-hybridized carbons (Fsp3) is 0.0769. The molecule has 7 aromatic rings. The van der Waals surface area contributed by atoms with Gasteiger partial charge in [0.25, 0.3) is 0 Å². The second kappa shape index (κ2) is 9.19. The summed E-state index contributed by atoms with van der Waals surface area (Å²) in [5.41, 5.74) is 11.4. The summed E-state index contributed by atoms with van der Waals surface area (Å²) in [6.45, 7) is 4.76. The number of anilines is 3. The van der Waals surface area contributed by atoms with Gasteiger partial charge in [0.2, 0.25) is 0 Å². The van der Waals surface area contributed by atoms with E-state index in [4.69, 9.17) is 0 Å². The highest BCUT2D eigenvalue weighted by Gasteiger charge is 2.37. The van der Waals surface area contributed by atoms with Gasteiger partial charge in [-0.05, 0) is 70.3 Å². The van der Waals surface area contributed by atoms with Crippen LogP contribution < -0.4 is 4.90 Å². The summed E-state index contributed by atoms with van der Waals surface area (Å²) in [6, 6.07) is 50.8. The van der Waals surface area contributed by atoms with Gasteiger partial charge in [-0.1, -0.05) is 111 Å². The van der Waals surface area contributed by atoms with E-state index in [9.17, 15) is 0 Å². The van der Waals surface area contributed by atoms with Gasteiger partial charge in [-0.3, -0.25) is 0 Å². The zero-order valence-corrected chi connectivity index (χ0v) is 24.0. The summed E-state index contributed by atoms with van der Waals surface area (Å²) in [5.74, 6) is 0. The first-order chi connectivity index (χ1) is 20.1. The standard InChI is InChI=1S/C39H29NS/c1-39(2)34-23-22-32-31-18-9-10-19-36(31)41-38(32)37(34)33-21-20-30(25-35(33)39)40(28-15-7-4-8-16-28)29-17-11-14-27(24-29)26-12-5-3-6-13-26/h3-25H,1-2H3. The lowest BCUT2D eigenvalue weighted by Crippen LogP contribution is -2.16. The van der Waals surface area contributed by atoms with Gasteiger partial charge in [0.05, 0.1) is 0 Å². The van der Waals surface area contributed by atoms with Gasteiger partial charge in [0.1, 0.15) is 0 Å². The lowest BCUT2D eigenvalue weighted by molar-refractivity contribution is 0.661. The van der Waals surface area contributed by atoms with E-state index in [-0.39, 0.29) is 5.41 Å². The normalized spacial score (nSPS) is 13.3. The third-order valence-electron chi connectivity index (χ3n) is 8.65. The molecule has 0 amide bonds. The van der Waals surface area contributed by atoms with Crippen molar-refractivity contribution < 1.29 is 0 Å². The van der Waals surface area contributed by atoms with E-state index in [1.807, 2.05) is 11.3 Å². The Balaban J connectivity index is 1.32. The predicted octanol–water partition coefficient (Wildman–Crippen LogP) is 11.5. The van der Waals surface area contributed by atoms with Crippen LogP contribution in [0.3, 0.4) is 0 Å². The maximum atomic E-state index is 2.43. The third kappa shape index (κ3) is 3.75. The second-order valence-corrected chi connectivity index (χ2v) is 12.5. The first-order valence-corrected chi connectivity index (χ1v) is 15.0. The number of para-hydroxylation sites is 1. The van der Waals surface area contributed by atoms with Gasteiger partial charge in [-0.2, -0.15) is 0 Å². The molecular weight excluding hydrogens is 515 g/mol. The molecule has 1 aromatic heterocycles. The molecule has 0 fully saturated rings. The molecule has 1 nitrogen and oxygen atoms in total. The molecule has 0 spiro atoms. The molecule has 0 unspecified atom stereocenters. The average molecular weight is 544 g/mol. The molecule has 1 aliphatic rings. The molecule has 1 heterocycles. The summed E-state index contributed by atoms with van der Waals surface area (Å²) in [6.07, 6.45) is 0. The lowest BCUT2D eigenvalue weighted by atomic mass is 9.82. The minimum atomic E-state index is -0.0979. The quantitative estimate of drug-likeness (QED) is 0.213. The van der Waals surface area contributed by atoms with Crippen LogP contribution in [0.25, 0.3) is 42.4 Å². The number of nitrogens with zero attached hydrogens (tertiary/aromatic N) is 1. The molecule has 0 N–H and O–H groups in total. The van der Waals surface area contributed by atoms with Crippen LogP contribution >= 0.6 is 11.3 Å². The van der Waals surface area contributed by atoms with Crippen molar-refractivity contribution in [2.24, 2.45) is 0 Å². The van der Waals surface area contributed by atoms with Crippen molar-refractivity contribution in [2.45, 2.75) is 19.3 Å². The summed E-state index contributed by atoms with van der Waals surface area (Å²) in [7, 11) is 0. The Labute approximate surface area is 245 Å². The molecule has 41 heavy (non-hydrogen) atoms. The molecule has 8 rings (SSSR count). The van der Waals surface area contributed by atoms with Crippen molar-refractivity contribution in [3.05, 3.63) is 151 Å². The maximum absolute atomic E-state index is 2.43. The van der Waals surface area contributed by atoms with Crippen LogP contribution in [0.4, 0.5) is 17.1 Å². The largest absolute Gasteiger partial charge is 0.310 e. The van der Waals surface area contributed by atoms with Crippen LogP contribution in [-0.4, -0.2) is 0 Å². The van der Waals surface area contributed by atoms with Crippen LogP contribution in [-0.2, 0) is 5.41 Å². The summed E-state index contributed by atoms with van der Waals surface area (Å²) >= 11 is 1.92. The first kappa shape index (κ1) is 24.2. The van der Waals surface area contributed by atoms with Gasteiger partial charge in [0, 0.05) is 48.2 Å². The SMILES string of the molecule is CC1(C)c2cc(N(c3ccccc3)c3cccc(-c4ccccc4)c3)ccc2-c2c1ccc1c2sc2ccccc21. The highest BCUT2D eigenvalue weighted by atomic mass is 32.1. The summed E-state index contributed by atoms with van der Waals surface area (Å²) < 4.78 is 2.76. The first-order valence-electron chi connectivity index (χ1n) is 14.2. The molecule has 0 radical (unpaired) electrons. The Morgan fingerprint density at radius 3 is 2.02 bits per heavy atom. The van der Waals surface area contributed by atoms with Crippen LogP contribution in [0, 0.1) is 0 Å². The number of fused-ring (bicyclic) bond motifs is 7. The smallest absolute Gasteiger partial charge is 0.0467 e. The van der Waals surface area contributed by atoms with Crippen molar-refractivity contribution in [3.63, 3.8) is 0 Å². The van der Waals surface area contributed by atoms with Crippen molar-refractivity contribution in [2.75, 3.05) is 4.90 Å². The van der Waals surface area contributed by atoms with E-state index in [1.54, 1.807) is 0 Å². The number of hydrogen-bond acceptors (Lipinski definition) is 2.